The lowest BCUT2D eigenvalue weighted by atomic mass is 9.87. The lowest BCUT2D eigenvalue weighted by Gasteiger charge is -2.15. The van der Waals surface area contributed by atoms with E-state index in [1.807, 2.05) is 0 Å². The SMILES string of the molecule is O=C(O)[C@H]1C[C@@H](C(=O)O)[C@H]2ON=C(c3ccc(Cl)cc3)[C@H]21. The highest BCUT2D eigenvalue weighted by molar-refractivity contribution is 6.30. The average molecular weight is 310 g/mol. The fraction of sp³-hybridized carbons (Fsp3) is 0.357. The Kier molecular flexibility index (Phi) is 3.33. The monoisotopic (exact) mass is 309 g/mol. The highest BCUT2D eigenvalue weighted by atomic mass is 35.5. The standard InChI is InChI=1S/C14H12ClNO5/c15-7-3-1-6(2-4-7)11-10-8(13(17)18)5-9(14(19)20)12(10)21-16-11/h1-4,8-10,12H,5H2,(H,17,18)(H,19,20)/t8-,9+,10+,12+/m0/s1. The first-order chi connectivity index (χ1) is 9.99. The van der Waals surface area contributed by atoms with E-state index in [-0.39, 0.29) is 6.42 Å². The van der Waals surface area contributed by atoms with Gasteiger partial charge >= 0.3 is 11.9 Å². The van der Waals surface area contributed by atoms with Gasteiger partial charge in [0.2, 0.25) is 0 Å². The molecule has 0 amide bonds. The molecule has 3 rings (SSSR count). The fourth-order valence-corrected chi connectivity index (χ4v) is 3.18. The summed E-state index contributed by atoms with van der Waals surface area (Å²) >= 11 is 5.83. The smallest absolute Gasteiger partial charge is 0.310 e. The molecule has 0 radical (unpaired) electrons. The van der Waals surface area contributed by atoms with E-state index in [1.165, 1.54) is 0 Å². The minimum absolute atomic E-state index is 0.0482. The Morgan fingerprint density at radius 2 is 1.76 bits per heavy atom. The van der Waals surface area contributed by atoms with Gasteiger partial charge in [-0.3, -0.25) is 9.59 Å². The van der Waals surface area contributed by atoms with Gasteiger partial charge < -0.3 is 15.1 Å². The van der Waals surface area contributed by atoms with Crippen molar-refractivity contribution in [3.63, 3.8) is 0 Å². The summed E-state index contributed by atoms with van der Waals surface area (Å²) in [7, 11) is 0. The van der Waals surface area contributed by atoms with E-state index in [0.717, 1.165) is 0 Å². The van der Waals surface area contributed by atoms with Crippen molar-refractivity contribution in [1.82, 2.24) is 0 Å². The van der Waals surface area contributed by atoms with Crippen molar-refractivity contribution >= 4 is 29.3 Å². The number of carbonyl (C=O) groups is 2. The first-order valence-corrected chi connectivity index (χ1v) is 6.82. The zero-order valence-corrected chi connectivity index (χ0v) is 11.5. The quantitative estimate of drug-likeness (QED) is 0.888. The maximum atomic E-state index is 11.4. The van der Waals surface area contributed by atoms with Crippen molar-refractivity contribution in [2.24, 2.45) is 22.9 Å². The summed E-state index contributed by atoms with van der Waals surface area (Å²) in [5.41, 5.74) is 1.18. The zero-order chi connectivity index (χ0) is 15.1. The number of nitrogens with zero attached hydrogens (tertiary/aromatic N) is 1. The number of fused-ring (bicyclic) bond motifs is 1. The van der Waals surface area contributed by atoms with Crippen LogP contribution < -0.4 is 0 Å². The maximum absolute atomic E-state index is 11.4. The largest absolute Gasteiger partial charge is 0.481 e. The van der Waals surface area contributed by atoms with E-state index in [2.05, 4.69) is 5.16 Å². The van der Waals surface area contributed by atoms with Crippen LogP contribution in [0.3, 0.4) is 0 Å². The van der Waals surface area contributed by atoms with Crippen molar-refractivity contribution in [3.05, 3.63) is 34.9 Å². The topological polar surface area (TPSA) is 96.2 Å². The van der Waals surface area contributed by atoms with Gasteiger partial charge in [0, 0.05) is 5.02 Å². The van der Waals surface area contributed by atoms with Gasteiger partial charge in [-0.1, -0.05) is 28.9 Å². The van der Waals surface area contributed by atoms with E-state index in [1.54, 1.807) is 24.3 Å². The molecular weight excluding hydrogens is 298 g/mol. The van der Waals surface area contributed by atoms with Crippen LogP contribution in [0.2, 0.25) is 5.02 Å². The Hall–Kier alpha value is -2.08. The van der Waals surface area contributed by atoms with E-state index in [9.17, 15) is 19.8 Å². The second-order valence-corrected chi connectivity index (χ2v) is 5.64. The molecule has 0 bridgehead atoms. The van der Waals surface area contributed by atoms with Crippen molar-refractivity contribution in [1.29, 1.82) is 0 Å². The number of carboxylic acid groups (broad SMARTS) is 2. The molecule has 0 spiro atoms. The molecule has 21 heavy (non-hydrogen) atoms. The molecule has 1 fully saturated rings. The van der Waals surface area contributed by atoms with Gasteiger partial charge in [0.15, 0.2) is 0 Å². The van der Waals surface area contributed by atoms with E-state index < -0.39 is 35.8 Å². The number of carboxylic acids is 2. The van der Waals surface area contributed by atoms with Crippen molar-refractivity contribution < 1.29 is 24.6 Å². The molecule has 7 heteroatoms. The summed E-state index contributed by atoms with van der Waals surface area (Å²) in [5.74, 6) is -4.30. The molecule has 0 unspecified atom stereocenters. The molecule has 2 aliphatic rings. The molecule has 1 aliphatic carbocycles. The third kappa shape index (κ3) is 2.25. The van der Waals surface area contributed by atoms with Crippen LogP contribution in [0.15, 0.2) is 29.4 Å². The number of aliphatic carboxylic acids is 2. The van der Waals surface area contributed by atoms with Crippen LogP contribution in [0.5, 0.6) is 0 Å². The van der Waals surface area contributed by atoms with Crippen LogP contribution in [0, 0.1) is 17.8 Å². The summed E-state index contributed by atoms with van der Waals surface area (Å²) in [6, 6.07) is 6.79. The number of hydrogen-bond donors (Lipinski definition) is 2. The lowest BCUT2D eigenvalue weighted by molar-refractivity contribution is -0.145. The highest BCUT2D eigenvalue weighted by Gasteiger charge is 2.56. The zero-order valence-electron chi connectivity index (χ0n) is 10.8. The molecule has 1 heterocycles. The molecule has 1 saturated carbocycles. The van der Waals surface area contributed by atoms with Gasteiger partial charge in [0.05, 0.1) is 23.5 Å². The van der Waals surface area contributed by atoms with Gasteiger partial charge in [-0.25, -0.2) is 0 Å². The van der Waals surface area contributed by atoms with Crippen LogP contribution in [0.25, 0.3) is 0 Å². The minimum atomic E-state index is -1.05. The average Bonchev–Trinajstić information content (AvgIpc) is 2.99. The number of benzene rings is 1. The Morgan fingerprint density at radius 1 is 1.14 bits per heavy atom. The van der Waals surface area contributed by atoms with E-state index in [0.29, 0.717) is 16.3 Å². The van der Waals surface area contributed by atoms with Gasteiger partial charge in [0.25, 0.3) is 0 Å². The Labute approximate surface area is 125 Å². The summed E-state index contributed by atoms with van der Waals surface area (Å²) < 4.78 is 0. The predicted octanol–water partition coefficient (Wildman–Crippen LogP) is 1.86. The molecule has 1 aromatic carbocycles. The van der Waals surface area contributed by atoms with Crippen molar-refractivity contribution in [3.8, 4) is 0 Å². The number of oxime groups is 1. The second-order valence-electron chi connectivity index (χ2n) is 5.20. The Bertz CT molecular complexity index is 627. The van der Waals surface area contributed by atoms with Gasteiger partial charge in [-0.15, -0.1) is 0 Å². The summed E-state index contributed by atoms with van der Waals surface area (Å²) in [6.45, 7) is 0. The molecule has 0 aromatic heterocycles. The van der Waals surface area contributed by atoms with Gasteiger partial charge in [-0.2, -0.15) is 0 Å². The molecule has 2 N–H and O–H groups in total. The number of hydrogen-bond acceptors (Lipinski definition) is 4. The maximum Gasteiger partial charge on any atom is 0.310 e. The molecule has 1 aromatic rings. The van der Waals surface area contributed by atoms with Crippen LogP contribution in [-0.2, 0) is 14.4 Å². The molecule has 110 valence electrons. The summed E-state index contributed by atoms with van der Waals surface area (Å²) in [4.78, 5) is 27.9. The number of rotatable bonds is 3. The number of halogens is 1. The van der Waals surface area contributed by atoms with Crippen LogP contribution >= 0.6 is 11.6 Å². The Morgan fingerprint density at radius 3 is 2.33 bits per heavy atom. The first kappa shape index (κ1) is 13.9. The van der Waals surface area contributed by atoms with Crippen LogP contribution in [0.4, 0.5) is 0 Å². The van der Waals surface area contributed by atoms with E-state index >= 15 is 0 Å². The molecular formula is C14H12ClNO5. The summed E-state index contributed by atoms with van der Waals surface area (Å²) in [6.07, 6.45) is -0.679. The highest BCUT2D eigenvalue weighted by Crippen LogP contribution is 2.44. The van der Waals surface area contributed by atoms with Crippen LogP contribution in [0.1, 0.15) is 12.0 Å². The van der Waals surface area contributed by atoms with Gasteiger partial charge in [0.1, 0.15) is 6.10 Å². The Balaban J connectivity index is 1.96. The predicted molar refractivity (Wildman–Crippen MR) is 73.2 cm³/mol. The molecule has 1 aliphatic heterocycles. The van der Waals surface area contributed by atoms with Crippen LogP contribution in [-0.4, -0.2) is 34.0 Å². The molecule has 0 saturated heterocycles. The van der Waals surface area contributed by atoms with E-state index in [4.69, 9.17) is 16.4 Å². The first-order valence-electron chi connectivity index (χ1n) is 6.44. The molecule has 4 atom stereocenters. The van der Waals surface area contributed by atoms with Crippen molar-refractivity contribution in [2.75, 3.05) is 0 Å². The third-order valence-electron chi connectivity index (χ3n) is 4.05. The fourth-order valence-electron chi connectivity index (χ4n) is 3.06. The minimum Gasteiger partial charge on any atom is -0.481 e. The third-order valence-corrected chi connectivity index (χ3v) is 4.31. The van der Waals surface area contributed by atoms with Gasteiger partial charge in [-0.05, 0) is 24.1 Å². The summed E-state index contributed by atoms with van der Waals surface area (Å²) in [5, 5.41) is 23.0. The second kappa shape index (κ2) is 5.04. The molecule has 6 nitrogen and oxygen atoms in total. The van der Waals surface area contributed by atoms with Crippen molar-refractivity contribution in [2.45, 2.75) is 12.5 Å². The normalized spacial score (nSPS) is 30.4. The lowest BCUT2D eigenvalue weighted by Crippen LogP contribution is -2.31.